The SMILES string of the molecule is C1CCOC1.CCOC(=O)c1ccco1.COC(=O)C(C(=O)c1ccco1)C1CCCCC1.COC(=O)CC1CCCCC1.COC(=O)c1cc(N)n[nH]1.COC(=O)c1cc2nc(-c3ccco3)c(C3CCCCC3)c(=O)n2[nH]1.COC(=O)c1cccc(F)c1.O=C(O)c1cc2nc(-c3cccc(F)c3)c(C3CCCCC3)c(=O)n2[nH]1.O=C(O)c1cc2nc(-c3ccco3)c(C3CCCCC3)c(=O)n2[nH]1.[H-].[Li+].[Na+].[OH-]. The first kappa shape index (κ1) is 115. The molecule has 9 N–H and O–H groups in total. The van der Waals surface area contributed by atoms with Crippen LogP contribution in [0.3, 0.4) is 0 Å². The number of nitrogens with one attached hydrogen (secondary N) is 4. The number of methoxy groups -OCH3 is 5. The quantitative estimate of drug-likeness (QED) is 0.0130. The summed E-state index contributed by atoms with van der Waals surface area (Å²) >= 11 is 0. The summed E-state index contributed by atoms with van der Waals surface area (Å²) in [7, 11) is 6.64. The second-order valence-corrected chi connectivity index (χ2v) is 33.9. The van der Waals surface area contributed by atoms with Crippen molar-refractivity contribution in [1.82, 2.24) is 54.0 Å². The van der Waals surface area contributed by atoms with Gasteiger partial charge in [0.25, 0.3) is 16.7 Å². The van der Waals surface area contributed by atoms with E-state index in [1.807, 2.05) is 0 Å². The monoisotopic (exact) mass is 1980 g/mol. The molecule has 2 aromatic carbocycles. The molecule has 1 aliphatic heterocycles. The van der Waals surface area contributed by atoms with Gasteiger partial charge in [-0.25, -0.2) is 66.0 Å². The number of nitrogens with two attached hydrogens (primary N) is 1. The summed E-state index contributed by atoms with van der Waals surface area (Å²) in [6.07, 6.45) is 36.1. The average Bonchev–Trinajstić information content (AvgIpc) is 1.14. The Morgan fingerprint density at radius 1 is 0.462 bits per heavy atom. The second-order valence-electron chi connectivity index (χ2n) is 33.9. The number of ether oxygens (including phenoxy) is 7. The number of carboxylic acid groups (broad SMARTS) is 2. The Kier molecular flexibility index (Phi) is 46.8. The largest absolute Gasteiger partial charge is 1.00 e. The second kappa shape index (κ2) is 58.3. The third-order valence-corrected chi connectivity index (χ3v) is 24.6. The zero-order valence-electron chi connectivity index (χ0n) is 82.4. The Hall–Kier alpha value is -13.4. The van der Waals surface area contributed by atoms with Gasteiger partial charge in [-0.3, -0.25) is 49.2 Å². The molecule has 0 amide bonds. The molecular formula is C101H120F2LiN12NaO26. The van der Waals surface area contributed by atoms with Crippen LogP contribution in [0, 0.1) is 29.4 Å². The number of ketones is 1. The standard InChI is InChI=1S/C19H18FN3O3.C18H19N3O4.C17H17N3O4.C14H18O4.C9H16O2.C8H7FO2.C7H8O3.C5H7N3O2.C4H8O.Li.Na.H2O.H/c20-13-8-4-7-12(9-13)17-16(11-5-2-1-3-6-11)18(24)23-15(21-17)10-14(22-23)19(25)26;1-24-18(23)12-10-14-19-16(13-8-5-9-25-13)15(17(22)21(14)20-12)11-6-3-2-4-7-11;21-16-14(10-5-2-1-3-6-10)15(12-7-4-8-24-12)18-13-9-11(17(22)23)19-20(13)16;1-17-14(16)12(10-6-3-2-4-7-10)13(15)11-8-5-9-18-11;1-11-9(10)7-8-5-3-2-4-6-8;1-11-8(10)6-3-2-4-7(9)5-6;1-2-9-7(8)6-4-3-5-10-6;1-10-5(9)3-2-4(6)8-7-3;1-2-4-5-3-1;;;;/h4,7-11,22H,1-3,5-6H2,(H,25,26);5,8-11,20H,2-4,6-7H2,1H3;4,7-10,19H,1-3,5-6H2,(H,22,23);5,8-10,12H,2-4,6-7H2,1H3;8H,2-7H2,1H3;2-5H,1H3;3-5H,2H2,1H3;2H,1H3,(H3,6,7,8);1-4H2;;;1H2;/q;;;;;;;;;2*+1;;-1/p-1. The van der Waals surface area contributed by atoms with Gasteiger partial charge in [0.05, 0.1) is 89.6 Å². The van der Waals surface area contributed by atoms with Crippen molar-refractivity contribution in [2.75, 3.05) is 61.1 Å². The zero-order valence-corrected chi connectivity index (χ0v) is 83.4. The van der Waals surface area contributed by atoms with Gasteiger partial charge in [0.1, 0.15) is 57.5 Å². The van der Waals surface area contributed by atoms with Gasteiger partial charge in [0.2, 0.25) is 11.5 Å². The van der Waals surface area contributed by atoms with Crippen molar-refractivity contribution < 1.29 is 168 Å². The van der Waals surface area contributed by atoms with Crippen LogP contribution in [0.5, 0.6) is 0 Å². The Morgan fingerprint density at radius 2 is 0.874 bits per heavy atom. The minimum absolute atomic E-state index is 0. The number of carboxylic acids is 2. The van der Waals surface area contributed by atoms with Crippen molar-refractivity contribution in [1.29, 1.82) is 0 Å². The van der Waals surface area contributed by atoms with E-state index in [4.69, 9.17) is 42.7 Å². The zero-order chi connectivity index (χ0) is 100. The number of aromatic amines is 4. The molecule has 6 aliphatic rings. The number of rotatable bonds is 19. The van der Waals surface area contributed by atoms with E-state index in [1.54, 1.807) is 80.1 Å². The van der Waals surface area contributed by atoms with Crippen molar-refractivity contribution in [2.45, 2.75) is 204 Å². The van der Waals surface area contributed by atoms with Gasteiger partial charge in [-0.2, -0.15) is 5.10 Å². The summed E-state index contributed by atoms with van der Waals surface area (Å²) in [5.41, 5.74) is 9.73. The van der Waals surface area contributed by atoms with Crippen LogP contribution in [0.4, 0.5) is 14.6 Å². The molecule has 5 aliphatic carbocycles. The number of furan rings is 4. The fourth-order valence-electron chi connectivity index (χ4n) is 17.7. The van der Waals surface area contributed by atoms with Gasteiger partial charge in [-0.05, 0) is 192 Å². The van der Waals surface area contributed by atoms with Crippen LogP contribution in [-0.4, -0.2) is 179 Å². The number of hydrogen-bond donors (Lipinski definition) is 7. The molecule has 0 radical (unpaired) electrons. The minimum Gasteiger partial charge on any atom is -1.00 e. The van der Waals surface area contributed by atoms with Crippen LogP contribution in [0.15, 0.2) is 178 Å². The molecule has 0 bridgehead atoms. The fraction of sp³-hybridized carbons (Fsp3) is 0.426. The van der Waals surface area contributed by atoms with E-state index < -0.39 is 59.3 Å². The number of Topliss-reactive ketones (excluding diaryl/α,β-unsaturated/α-hetero) is 1. The molecule has 13 aromatic rings. The van der Waals surface area contributed by atoms with E-state index in [0.717, 1.165) is 128 Å². The minimum atomic E-state index is -1.17. The van der Waals surface area contributed by atoms with Crippen molar-refractivity contribution in [3.8, 4) is 34.2 Å². The average molecular weight is 1990 g/mol. The number of halogens is 2. The number of carbonyl (C=O) groups is 9. The summed E-state index contributed by atoms with van der Waals surface area (Å²) in [5.74, 6) is -3.64. The number of hydrogen-bond acceptors (Lipinski definition) is 29. The Labute approximate surface area is 856 Å². The molecule has 1 unspecified atom stereocenters. The molecule has 42 heteroatoms. The molecule has 11 aromatic heterocycles. The number of aromatic carboxylic acids is 2. The molecule has 38 nitrogen and oxygen atoms in total. The number of carbonyl (C=O) groups excluding carboxylic acids is 7. The van der Waals surface area contributed by atoms with Crippen molar-refractivity contribution >= 4 is 76.3 Å². The number of aromatic nitrogens is 11. The topological polar surface area (TPSA) is 546 Å². The third kappa shape index (κ3) is 32.1. The van der Waals surface area contributed by atoms with Crippen molar-refractivity contribution in [3.05, 3.63) is 246 Å². The van der Waals surface area contributed by atoms with E-state index >= 15 is 0 Å². The first-order valence-electron chi connectivity index (χ1n) is 46.9. The molecule has 756 valence electrons. The van der Waals surface area contributed by atoms with Gasteiger partial charge in [0.15, 0.2) is 34.2 Å². The summed E-state index contributed by atoms with van der Waals surface area (Å²) in [6, 6.07) is 30.5. The van der Waals surface area contributed by atoms with Crippen LogP contribution < -0.4 is 70.8 Å². The molecular weight excluding hydrogens is 1870 g/mol. The fourth-order valence-corrected chi connectivity index (χ4v) is 17.7. The van der Waals surface area contributed by atoms with E-state index in [0.29, 0.717) is 75.4 Å². The predicted octanol–water partition coefficient (Wildman–Crippen LogP) is 12.3. The smallest absolute Gasteiger partial charge is 1.00 e. The number of anilines is 1. The molecule has 19 rings (SSSR count). The molecule has 1 atom stereocenters. The number of nitrogens with zero attached hydrogens (tertiary/aromatic N) is 7. The van der Waals surface area contributed by atoms with Gasteiger partial charge in [-0.1, -0.05) is 115 Å². The third-order valence-electron chi connectivity index (χ3n) is 24.6. The van der Waals surface area contributed by atoms with Crippen LogP contribution in [0.2, 0.25) is 0 Å². The van der Waals surface area contributed by atoms with Gasteiger partial charge < -0.3 is 73.7 Å². The summed E-state index contributed by atoms with van der Waals surface area (Å²) in [5, 5.41) is 32.3. The molecule has 143 heavy (non-hydrogen) atoms. The van der Waals surface area contributed by atoms with Crippen LogP contribution in [0.1, 0.15) is 296 Å². The molecule has 1 saturated heterocycles. The van der Waals surface area contributed by atoms with E-state index in [-0.39, 0.29) is 164 Å². The van der Waals surface area contributed by atoms with Crippen molar-refractivity contribution in [3.63, 3.8) is 0 Å². The van der Waals surface area contributed by atoms with E-state index in [1.165, 1.54) is 180 Å². The van der Waals surface area contributed by atoms with Gasteiger partial charge in [-0.15, -0.1) is 0 Å². The van der Waals surface area contributed by atoms with Gasteiger partial charge >= 0.3 is 96.2 Å². The molecule has 12 heterocycles. The predicted molar refractivity (Wildman–Crippen MR) is 509 cm³/mol. The van der Waals surface area contributed by atoms with Crippen LogP contribution in [-0.2, 0) is 42.7 Å². The van der Waals surface area contributed by atoms with Crippen LogP contribution >= 0.6 is 0 Å². The maximum Gasteiger partial charge on any atom is 1.00 e. The Bertz CT molecular complexity index is 6430. The number of fused-ring (bicyclic) bond motifs is 3. The number of benzene rings is 2. The maximum atomic E-state index is 13.8. The first-order chi connectivity index (χ1) is 67.8. The molecule has 6 fully saturated rings. The molecule has 5 saturated carbocycles. The van der Waals surface area contributed by atoms with Gasteiger partial charge in [0, 0.05) is 55.0 Å². The van der Waals surface area contributed by atoms with E-state index in [2.05, 4.69) is 59.4 Å². The first-order valence-corrected chi connectivity index (χ1v) is 46.9. The van der Waals surface area contributed by atoms with E-state index in [9.17, 15) is 71.4 Å². The number of esters is 6. The Balaban J connectivity index is 0.000000226. The number of H-pyrrole nitrogens is 4. The summed E-state index contributed by atoms with van der Waals surface area (Å²) < 4.78 is 83.3. The summed E-state index contributed by atoms with van der Waals surface area (Å²) in [4.78, 5) is 155. The summed E-state index contributed by atoms with van der Waals surface area (Å²) in [6.45, 7) is 4.13. The normalized spacial score (nSPS) is 14.9. The van der Waals surface area contributed by atoms with Crippen LogP contribution in [0.25, 0.3) is 51.1 Å². The number of nitrogen functional groups attached to an aromatic ring is 1. The maximum absolute atomic E-state index is 13.8. The molecule has 0 spiro atoms. The van der Waals surface area contributed by atoms with Crippen molar-refractivity contribution in [2.24, 2.45) is 17.8 Å². The Morgan fingerprint density at radius 3 is 1.27 bits per heavy atom.